The molecule has 1 aliphatic carbocycles. The third-order valence-electron chi connectivity index (χ3n) is 6.10. The number of hydrogen-bond donors (Lipinski definition) is 0. The van der Waals surface area contributed by atoms with E-state index in [1.54, 1.807) is 11.1 Å². The SMILES string of the molecule is CC1(C)CCC(c2ccc(Cl)cc2)=C(CN2CCN(C(C)(C)C)CC2)C1. The number of nitrogens with zero attached hydrogens (tertiary/aromatic N) is 2. The number of allylic oxidation sites excluding steroid dienone is 1. The average Bonchev–Trinajstić information content (AvgIpc) is 2.55. The van der Waals surface area contributed by atoms with Crippen LogP contribution in [0.15, 0.2) is 29.8 Å². The van der Waals surface area contributed by atoms with Crippen molar-refractivity contribution in [2.45, 2.75) is 59.4 Å². The third-order valence-corrected chi connectivity index (χ3v) is 6.35. The topological polar surface area (TPSA) is 6.48 Å². The fourth-order valence-corrected chi connectivity index (χ4v) is 4.54. The van der Waals surface area contributed by atoms with E-state index in [-0.39, 0.29) is 5.54 Å². The van der Waals surface area contributed by atoms with Gasteiger partial charge in [0.05, 0.1) is 0 Å². The molecule has 3 heteroatoms. The Morgan fingerprint density at radius 1 is 1.00 bits per heavy atom. The van der Waals surface area contributed by atoms with Crippen molar-refractivity contribution in [3.05, 3.63) is 40.4 Å². The maximum Gasteiger partial charge on any atom is 0.0406 e. The van der Waals surface area contributed by atoms with Gasteiger partial charge in [0, 0.05) is 43.3 Å². The van der Waals surface area contributed by atoms with E-state index in [9.17, 15) is 0 Å². The van der Waals surface area contributed by atoms with Gasteiger partial charge in [-0.25, -0.2) is 0 Å². The van der Waals surface area contributed by atoms with E-state index in [2.05, 4.69) is 56.6 Å². The van der Waals surface area contributed by atoms with E-state index in [0.717, 1.165) is 11.6 Å². The van der Waals surface area contributed by atoms with Crippen LogP contribution in [0.1, 0.15) is 59.4 Å². The van der Waals surface area contributed by atoms with Gasteiger partial charge < -0.3 is 0 Å². The smallest absolute Gasteiger partial charge is 0.0406 e. The van der Waals surface area contributed by atoms with E-state index < -0.39 is 0 Å². The molecule has 0 unspecified atom stereocenters. The number of piperazine rings is 1. The zero-order valence-electron chi connectivity index (χ0n) is 17.2. The van der Waals surface area contributed by atoms with Gasteiger partial charge in [0.1, 0.15) is 0 Å². The normalized spacial score (nSPS) is 22.7. The van der Waals surface area contributed by atoms with Gasteiger partial charge >= 0.3 is 0 Å². The van der Waals surface area contributed by atoms with Crippen molar-refractivity contribution in [2.24, 2.45) is 5.41 Å². The second-order valence-corrected chi connectivity index (χ2v) is 10.3. The van der Waals surface area contributed by atoms with Gasteiger partial charge in [-0.1, -0.05) is 43.2 Å². The van der Waals surface area contributed by atoms with Gasteiger partial charge in [0.2, 0.25) is 0 Å². The lowest BCUT2D eigenvalue weighted by Gasteiger charge is -2.43. The minimum absolute atomic E-state index is 0.284. The molecule has 0 aromatic heterocycles. The highest BCUT2D eigenvalue weighted by Crippen LogP contribution is 2.42. The molecular formula is C23H35ClN2. The molecule has 0 amide bonds. The maximum atomic E-state index is 6.11. The van der Waals surface area contributed by atoms with Crippen molar-refractivity contribution in [2.75, 3.05) is 32.7 Å². The molecule has 1 aliphatic heterocycles. The number of halogens is 1. The summed E-state index contributed by atoms with van der Waals surface area (Å²) in [5.74, 6) is 0. The van der Waals surface area contributed by atoms with Crippen molar-refractivity contribution >= 4 is 17.2 Å². The van der Waals surface area contributed by atoms with E-state index in [4.69, 9.17) is 11.6 Å². The van der Waals surface area contributed by atoms with E-state index in [1.807, 2.05) is 12.1 Å². The van der Waals surface area contributed by atoms with Crippen LogP contribution in [0.3, 0.4) is 0 Å². The Bertz CT molecular complexity index is 644. The summed E-state index contributed by atoms with van der Waals surface area (Å²) in [6.45, 7) is 17.7. The van der Waals surface area contributed by atoms with Gasteiger partial charge in [-0.2, -0.15) is 0 Å². The van der Waals surface area contributed by atoms with Crippen LogP contribution in [0.4, 0.5) is 0 Å². The first kappa shape index (κ1) is 19.9. The molecule has 1 aromatic rings. The summed E-state index contributed by atoms with van der Waals surface area (Å²) < 4.78 is 0. The molecule has 2 aliphatic rings. The molecule has 0 atom stereocenters. The van der Waals surface area contributed by atoms with Gasteiger partial charge in [-0.15, -0.1) is 0 Å². The van der Waals surface area contributed by atoms with Crippen LogP contribution in [0.2, 0.25) is 5.02 Å². The van der Waals surface area contributed by atoms with E-state index in [1.165, 1.54) is 51.0 Å². The second-order valence-electron chi connectivity index (χ2n) is 9.86. The summed E-state index contributed by atoms with van der Waals surface area (Å²) in [6, 6.07) is 8.47. The standard InChI is InChI=1S/C23H35ClN2/c1-22(2,3)26-14-12-25(13-15-26)17-19-16-23(4,5)11-10-21(19)18-6-8-20(24)9-7-18/h6-9H,10-17H2,1-5H3. The Hall–Kier alpha value is -0.830. The van der Waals surface area contributed by atoms with Crippen molar-refractivity contribution in [3.8, 4) is 0 Å². The second kappa shape index (κ2) is 7.66. The highest BCUT2D eigenvalue weighted by atomic mass is 35.5. The lowest BCUT2D eigenvalue weighted by atomic mass is 9.73. The first-order chi connectivity index (χ1) is 12.1. The van der Waals surface area contributed by atoms with Crippen LogP contribution in [-0.2, 0) is 0 Å². The molecule has 144 valence electrons. The Morgan fingerprint density at radius 3 is 2.19 bits per heavy atom. The summed E-state index contributed by atoms with van der Waals surface area (Å²) in [4.78, 5) is 5.28. The molecule has 0 bridgehead atoms. The molecule has 1 heterocycles. The molecule has 26 heavy (non-hydrogen) atoms. The zero-order chi connectivity index (χ0) is 18.9. The molecule has 1 fully saturated rings. The predicted molar refractivity (Wildman–Crippen MR) is 114 cm³/mol. The van der Waals surface area contributed by atoms with Gasteiger partial charge in [0.25, 0.3) is 0 Å². The van der Waals surface area contributed by atoms with Crippen LogP contribution in [0.25, 0.3) is 5.57 Å². The van der Waals surface area contributed by atoms with Crippen LogP contribution in [0.5, 0.6) is 0 Å². The molecule has 2 nitrogen and oxygen atoms in total. The minimum Gasteiger partial charge on any atom is -0.297 e. The van der Waals surface area contributed by atoms with Crippen molar-refractivity contribution < 1.29 is 0 Å². The maximum absolute atomic E-state index is 6.11. The third kappa shape index (κ3) is 4.91. The van der Waals surface area contributed by atoms with Crippen molar-refractivity contribution in [3.63, 3.8) is 0 Å². The molecule has 3 rings (SSSR count). The molecule has 0 N–H and O–H groups in total. The van der Waals surface area contributed by atoms with Crippen LogP contribution < -0.4 is 0 Å². The number of rotatable bonds is 3. The molecule has 0 spiro atoms. The summed E-state index contributed by atoms with van der Waals surface area (Å²) in [7, 11) is 0. The molecule has 0 radical (unpaired) electrons. The summed E-state index contributed by atoms with van der Waals surface area (Å²) in [5, 5.41) is 0.824. The lowest BCUT2D eigenvalue weighted by Crippen LogP contribution is -2.53. The first-order valence-electron chi connectivity index (χ1n) is 10.1. The summed E-state index contributed by atoms with van der Waals surface area (Å²) in [5.41, 5.74) is 5.28. The van der Waals surface area contributed by atoms with Crippen LogP contribution in [-0.4, -0.2) is 48.1 Å². The summed E-state index contributed by atoms with van der Waals surface area (Å²) in [6.07, 6.45) is 3.67. The van der Waals surface area contributed by atoms with Crippen molar-refractivity contribution in [1.82, 2.24) is 9.80 Å². The highest BCUT2D eigenvalue weighted by molar-refractivity contribution is 6.30. The monoisotopic (exact) mass is 374 g/mol. The molecule has 1 saturated heterocycles. The lowest BCUT2D eigenvalue weighted by molar-refractivity contribution is 0.0654. The highest BCUT2D eigenvalue weighted by Gasteiger charge is 2.30. The van der Waals surface area contributed by atoms with Crippen LogP contribution in [0, 0.1) is 5.41 Å². The minimum atomic E-state index is 0.284. The molecule has 0 saturated carbocycles. The number of benzene rings is 1. The van der Waals surface area contributed by atoms with Crippen molar-refractivity contribution in [1.29, 1.82) is 0 Å². The predicted octanol–water partition coefficient (Wildman–Crippen LogP) is 5.72. The summed E-state index contributed by atoms with van der Waals surface area (Å²) >= 11 is 6.11. The Labute approximate surface area is 165 Å². The zero-order valence-corrected chi connectivity index (χ0v) is 18.0. The Balaban J connectivity index is 1.76. The van der Waals surface area contributed by atoms with E-state index in [0.29, 0.717) is 5.41 Å². The van der Waals surface area contributed by atoms with Gasteiger partial charge in [-0.05, 0) is 68.7 Å². The first-order valence-corrected chi connectivity index (χ1v) is 10.5. The van der Waals surface area contributed by atoms with Gasteiger partial charge in [0.15, 0.2) is 0 Å². The fourth-order valence-electron chi connectivity index (χ4n) is 4.41. The number of hydrogen-bond acceptors (Lipinski definition) is 2. The Kier molecular flexibility index (Phi) is 5.86. The largest absolute Gasteiger partial charge is 0.297 e. The molecule has 1 aromatic carbocycles. The van der Waals surface area contributed by atoms with Gasteiger partial charge in [-0.3, -0.25) is 9.80 Å². The van der Waals surface area contributed by atoms with E-state index >= 15 is 0 Å². The Morgan fingerprint density at radius 2 is 1.62 bits per heavy atom. The van der Waals surface area contributed by atoms with Crippen LogP contribution >= 0.6 is 11.6 Å². The molecular weight excluding hydrogens is 340 g/mol. The fraction of sp³-hybridized carbons (Fsp3) is 0.652. The quantitative estimate of drug-likeness (QED) is 0.667. The average molecular weight is 375 g/mol.